The second-order valence-electron chi connectivity index (χ2n) is 3.94. The van der Waals surface area contributed by atoms with Crippen molar-refractivity contribution in [1.82, 2.24) is 15.3 Å². The Balaban J connectivity index is 1.98. The molecule has 0 radical (unpaired) electrons. The number of nitro benzene ring substituents is 1. The second kappa shape index (κ2) is 6.28. The minimum absolute atomic E-state index is 0.0369. The molecule has 1 aromatic carbocycles. The molecule has 1 heterocycles. The molecule has 2 aromatic rings. The lowest BCUT2D eigenvalue weighted by Gasteiger charge is -1.99. The number of amides is 1. The van der Waals surface area contributed by atoms with Crippen LogP contribution in [0.15, 0.2) is 42.9 Å². The van der Waals surface area contributed by atoms with Gasteiger partial charge >= 0.3 is 0 Å². The molecule has 1 aromatic heterocycles. The molecule has 0 aliphatic rings. The highest BCUT2D eigenvalue weighted by Gasteiger charge is 2.09. The van der Waals surface area contributed by atoms with E-state index < -0.39 is 4.92 Å². The number of nitrogens with one attached hydrogen (secondary N) is 2. The molecule has 0 unspecified atom stereocenters. The SMILES string of the molecule is O=C(C=Cc1ccccc1[N+](=O)[O-])NCc1cnc[nH]1. The highest BCUT2D eigenvalue weighted by Crippen LogP contribution is 2.18. The molecule has 0 aliphatic heterocycles. The van der Waals surface area contributed by atoms with Crippen molar-refractivity contribution >= 4 is 17.7 Å². The Morgan fingerprint density at radius 1 is 1.45 bits per heavy atom. The van der Waals surface area contributed by atoms with Crippen molar-refractivity contribution in [3.63, 3.8) is 0 Å². The first-order chi connectivity index (χ1) is 9.66. The molecular formula is C13H12N4O3. The minimum Gasteiger partial charge on any atom is -0.347 e. The third-order valence-corrected chi connectivity index (χ3v) is 2.56. The number of nitrogens with zero attached hydrogens (tertiary/aromatic N) is 2. The van der Waals surface area contributed by atoms with Gasteiger partial charge in [-0.05, 0) is 12.1 Å². The Bertz CT molecular complexity index is 635. The Morgan fingerprint density at radius 3 is 2.95 bits per heavy atom. The fourth-order valence-electron chi connectivity index (χ4n) is 1.58. The zero-order chi connectivity index (χ0) is 14.4. The van der Waals surface area contributed by atoms with Crippen LogP contribution in [0.5, 0.6) is 0 Å². The second-order valence-corrected chi connectivity index (χ2v) is 3.94. The maximum Gasteiger partial charge on any atom is 0.276 e. The van der Waals surface area contributed by atoms with Crippen LogP contribution in [0.3, 0.4) is 0 Å². The van der Waals surface area contributed by atoms with E-state index in [1.54, 1.807) is 24.4 Å². The Kier molecular flexibility index (Phi) is 4.23. The van der Waals surface area contributed by atoms with Crippen LogP contribution in [0.25, 0.3) is 6.08 Å². The van der Waals surface area contributed by atoms with Crippen molar-refractivity contribution in [3.05, 3.63) is 64.2 Å². The van der Waals surface area contributed by atoms with Crippen molar-refractivity contribution in [1.29, 1.82) is 0 Å². The monoisotopic (exact) mass is 272 g/mol. The number of benzene rings is 1. The maximum absolute atomic E-state index is 11.6. The van der Waals surface area contributed by atoms with Crippen molar-refractivity contribution < 1.29 is 9.72 Å². The van der Waals surface area contributed by atoms with E-state index >= 15 is 0 Å². The van der Waals surface area contributed by atoms with Gasteiger partial charge in [-0.15, -0.1) is 0 Å². The van der Waals surface area contributed by atoms with Crippen molar-refractivity contribution in [3.8, 4) is 0 Å². The van der Waals surface area contributed by atoms with Gasteiger partial charge in [0, 0.05) is 18.3 Å². The van der Waals surface area contributed by atoms with E-state index in [9.17, 15) is 14.9 Å². The van der Waals surface area contributed by atoms with Crippen LogP contribution in [0.1, 0.15) is 11.3 Å². The predicted molar refractivity (Wildman–Crippen MR) is 72.6 cm³/mol. The van der Waals surface area contributed by atoms with E-state index in [0.29, 0.717) is 12.1 Å². The molecule has 0 atom stereocenters. The molecule has 7 heteroatoms. The summed E-state index contributed by atoms with van der Waals surface area (Å²) in [7, 11) is 0. The Labute approximate surface area is 114 Å². The number of aromatic amines is 1. The number of rotatable bonds is 5. The number of carbonyl (C=O) groups is 1. The summed E-state index contributed by atoms with van der Waals surface area (Å²) in [6.07, 6.45) is 5.80. The molecular weight excluding hydrogens is 260 g/mol. The first-order valence-corrected chi connectivity index (χ1v) is 5.83. The summed E-state index contributed by atoms with van der Waals surface area (Å²) in [5.74, 6) is -0.335. The molecule has 20 heavy (non-hydrogen) atoms. The topological polar surface area (TPSA) is 101 Å². The molecule has 0 bridgehead atoms. The van der Waals surface area contributed by atoms with E-state index in [-0.39, 0.29) is 11.6 Å². The first kappa shape index (κ1) is 13.5. The van der Waals surface area contributed by atoms with Gasteiger partial charge < -0.3 is 10.3 Å². The van der Waals surface area contributed by atoms with Gasteiger partial charge in [0.15, 0.2) is 0 Å². The maximum atomic E-state index is 11.6. The summed E-state index contributed by atoms with van der Waals surface area (Å²) in [6, 6.07) is 6.22. The molecule has 0 saturated heterocycles. The molecule has 2 N–H and O–H groups in total. The van der Waals surface area contributed by atoms with Crippen LogP contribution in [-0.2, 0) is 11.3 Å². The molecule has 0 aliphatic carbocycles. The van der Waals surface area contributed by atoms with Crippen LogP contribution in [0.4, 0.5) is 5.69 Å². The number of imidazole rings is 1. The first-order valence-electron chi connectivity index (χ1n) is 5.83. The molecule has 2 rings (SSSR count). The van der Waals surface area contributed by atoms with Crippen LogP contribution in [0, 0.1) is 10.1 Å². The van der Waals surface area contributed by atoms with Crippen molar-refractivity contribution in [2.45, 2.75) is 6.54 Å². The highest BCUT2D eigenvalue weighted by molar-refractivity contribution is 5.92. The third kappa shape index (κ3) is 3.52. The van der Waals surface area contributed by atoms with Crippen LogP contribution < -0.4 is 5.32 Å². The zero-order valence-corrected chi connectivity index (χ0v) is 10.4. The summed E-state index contributed by atoms with van der Waals surface area (Å²) in [5, 5.41) is 13.4. The fraction of sp³-hybridized carbons (Fsp3) is 0.0769. The quantitative estimate of drug-likeness (QED) is 0.491. The summed E-state index contributed by atoms with van der Waals surface area (Å²) >= 11 is 0. The van der Waals surface area contributed by atoms with Gasteiger partial charge in [0.1, 0.15) is 0 Å². The molecule has 1 amide bonds. The average Bonchev–Trinajstić information content (AvgIpc) is 2.96. The molecule has 7 nitrogen and oxygen atoms in total. The standard InChI is InChI=1S/C13H12N4O3/c18-13(15-8-11-7-14-9-16-11)6-5-10-3-1-2-4-12(10)17(19)20/h1-7,9H,8H2,(H,14,16)(H,15,18). The van der Waals surface area contributed by atoms with Crippen molar-refractivity contribution in [2.24, 2.45) is 0 Å². The Hall–Kier alpha value is -2.96. The van der Waals surface area contributed by atoms with Crippen LogP contribution >= 0.6 is 0 Å². The largest absolute Gasteiger partial charge is 0.347 e. The van der Waals surface area contributed by atoms with Crippen LogP contribution in [0.2, 0.25) is 0 Å². The van der Waals surface area contributed by atoms with Gasteiger partial charge in [0.2, 0.25) is 5.91 Å². The lowest BCUT2D eigenvalue weighted by atomic mass is 10.1. The van der Waals surface area contributed by atoms with Crippen molar-refractivity contribution in [2.75, 3.05) is 0 Å². The van der Waals surface area contributed by atoms with Gasteiger partial charge in [0.05, 0.1) is 29.1 Å². The number of aromatic nitrogens is 2. The molecule has 0 spiro atoms. The number of H-pyrrole nitrogens is 1. The lowest BCUT2D eigenvalue weighted by Crippen LogP contribution is -2.20. The van der Waals surface area contributed by atoms with Gasteiger partial charge in [-0.2, -0.15) is 0 Å². The summed E-state index contributed by atoms with van der Waals surface area (Å²) in [6.45, 7) is 0.320. The Morgan fingerprint density at radius 2 is 2.25 bits per heavy atom. The number of hydrogen-bond acceptors (Lipinski definition) is 4. The highest BCUT2D eigenvalue weighted by atomic mass is 16.6. The minimum atomic E-state index is -0.484. The lowest BCUT2D eigenvalue weighted by molar-refractivity contribution is -0.385. The van der Waals surface area contributed by atoms with E-state index in [0.717, 1.165) is 5.69 Å². The van der Waals surface area contributed by atoms with Gasteiger partial charge in [-0.25, -0.2) is 4.98 Å². The summed E-state index contributed by atoms with van der Waals surface area (Å²) in [5.41, 5.74) is 1.12. The zero-order valence-electron chi connectivity index (χ0n) is 10.4. The van der Waals surface area contributed by atoms with E-state index in [1.807, 2.05) is 0 Å². The van der Waals surface area contributed by atoms with Crippen LogP contribution in [-0.4, -0.2) is 20.8 Å². The van der Waals surface area contributed by atoms with E-state index in [2.05, 4.69) is 15.3 Å². The third-order valence-electron chi connectivity index (χ3n) is 2.56. The van der Waals surface area contributed by atoms with Gasteiger partial charge in [-0.3, -0.25) is 14.9 Å². The smallest absolute Gasteiger partial charge is 0.276 e. The summed E-state index contributed by atoms with van der Waals surface area (Å²) < 4.78 is 0. The number of nitro groups is 1. The van der Waals surface area contributed by atoms with Gasteiger partial charge in [0.25, 0.3) is 5.69 Å². The molecule has 0 fully saturated rings. The van der Waals surface area contributed by atoms with E-state index in [1.165, 1.54) is 24.5 Å². The van der Waals surface area contributed by atoms with Gasteiger partial charge in [-0.1, -0.05) is 12.1 Å². The number of carbonyl (C=O) groups excluding carboxylic acids is 1. The normalized spacial score (nSPS) is 10.6. The summed E-state index contributed by atoms with van der Waals surface area (Å²) in [4.78, 5) is 28.6. The number of hydrogen-bond donors (Lipinski definition) is 2. The molecule has 102 valence electrons. The fourth-order valence-corrected chi connectivity index (χ4v) is 1.58. The average molecular weight is 272 g/mol. The predicted octanol–water partition coefficient (Wildman–Crippen LogP) is 1.65. The molecule has 0 saturated carbocycles. The van der Waals surface area contributed by atoms with E-state index in [4.69, 9.17) is 0 Å². The number of para-hydroxylation sites is 1.